The molecule has 2 amide bonds. The molecule has 2 aromatic carbocycles. The molecule has 3 aliphatic heterocycles. The zero-order valence-corrected chi connectivity index (χ0v) is 19.9. The molecule has 0 spiro atoms. The van der Waals surface area contributed by atoms with Crippen molar-refractivity contribution < 1.29 is 35.9 Å². The van der Waals surface area contributed by atoms with Gasteiger partial charge in [0.05, 0.1) is 56.9 Å². The summed E-state index contributed by atoms with van der Waals surface area (Å²) in [7, 11) is -3.98. The minimum absolute atomic E-state index is 0.0193. The number of halogens is 3. The van der Waals surface area contributed by atoms with Crippen LogP contribution in [-0.4, -0.2) is 37.5 Å². The number of ether oxygens (including phenoxy) is 1. The quantitative estimate of drug-likeness (QED) is 0.621. The van der Waals surface area contributed by atoms with Crippen molar-refractivity contribution in [3.63, 3.8) is 0 Å². The molecule has 3 saturated heterocycles. The fraction of sp³-hybridized carbons (Fsp3) is 0.375. The Morgan fingerprint density at radius 3 is 2.33 bits per heavy atom. The van der Waals surface area contributed by atoms with E-state index in [2.05, 4.69) is 4.72 Å². The van der Waals surface area contributed by atoms with Gasteiger partial charge in [-0.1, -0.05) is 18.2 Å². The highest BCUT2D eigenvalue weighted by Gasteiger charge is 2.76. The van der Waals surface area contributed by atoms with Crippen LogP contribution in [0.2, 0.25) is 0 Å². The summed E-state index contributed by atoms with van der Waals surface area (Å²) in [5.41, 5.74) is -4.83. The normalized spacial score (nSPS) is 31.6. The second-order valence-electron chi connectivity index (χ2n) is 9.60. The van der Waals surface area contributed by atoms with Crippen LogP contribution in [0.5, 0.6) is 0 Å². The van der Waals surface area contributed by atoms with Gasteiger partial charge in [0.1, 0.15) is 0 Å². The highest BCUT2D eigenvalue weighted by molar-refractivity contribution is 7.89. The number of anilines is 1. The second-order valence-corrected chi connectivity index (χ2v) is 11.3. The van der Waals surface area contributed by atoms with Gasteiger partial charge in [0.25, 0.3) is 0 Å². The Hall–Kier alpha value is -3.27. The third kappa shape index (κ3) is 3.37. The number of nitrogens with one attached hydrogen (secondary N) is 1. The van der Waals surface area contributed by atoms with Crippen molar-refractivity contribution in [3.05, 3.63) is 59.7 Å². The van der Waals surface area contributed by atoms with E-state index >= 15 is 0 Å². The molecule has 3 heterocycles. The second kappa shape index (κ2) is 7.61. The Morgan fingerprint density at radius 2 is 1.72 bits per heavy atom. The molecule has 0 aliphatic carbocycles. The van der Waals surface area contributed by atoms with E-state index < -0.39 is 68.2 Å². The molecule has 3 fully saturated rings. The minimum Gasteiger partial charge on any atom is -0.366 e. The molecule has 3 aliphatic rings. The number of benzene rings is 2. The van der Waals surface area contributed by atoms with Gasteiger partial charge in [-0.25, -0.2) is 18.0 Å². The van der Waals surface area contributed by atoms with E-state index in [-0.39, 0.29) is 17.0 Å². The number of nitriles is 1. The molecule has 1 N–H and O–H groups in total. The maximum absolute atomic E-state index is 13.5. The maximum atomic E-state index is 13.5. The van der Waals surface area contributed by atoms with Gasteiger partial charge in [-0.15, -0.1) is 0 Å². The zero-order chi connectivity index (χ0) is 26.3. The number of hydrogen-bond donors (Lipinski definition) is 1. The van der Waals surface area contributed by atoms with Crippen LogP contribution in [0.3, 0.4) is 0 Å². The third-order valence-corrected chi connectivity index (χ3v) is 8.86. The lowest BCUT2D eigenvalue weighted by molar-refractivity contribution is -0.138. The molecule has 36 heavy (non-hydrogen) atoms. The Morgan fingerprint density at radius 1 is 1.08 bits per heavy atom. The number of imide groups is 1. The van der Waals surface area contributed by atoms with Crippen molar-refractivity contribution in [2.45, 2.75) is 48.6 Å². The molecular weight excluding hydrogens is 499 g/mol. The summed E-state index contributed by atoms with van der Waals surface area (Å²) >= 11 is 0. The van der Waals surface area contributed by atoms with Crippen LogP contribution in [0.15, 0.2) is 53.4 Å². The largest absolute Gasteiger partial charge is 0.417 e. The Kier molecular flexibility index (Phi) is 5.17. The number of hydrogen-bond acceptors (Lipinski definition) is 6. The molecular formula is C24H20F3N3O5S. The van der Waals surface area contributed by atoms with E-state index in [9.17, 15) is 31.2 Å². The van der Waals surface area contributed by atoms with Crippen molar-refractivity contribution in [2.24, 2.45) is 11.8 Å². The first kappa shape index (κ1) is 24.4. The number of carbonyl (C=O) groups excluding carboxylic acids is 2. The van der Waals surface area contributed by atoms with Gasteiger partial charge in [0, 0.05) is 0 Å². The lowest BCUT2D eigenvalue weighted by Crippen LogP contribution is -2.56. The van der Waals surface area contributed by atoms with Crippen molar-refractivity contribution >= 4 is 27.5 Å². The number of sulfonamides is 1. The lowest BCUT2D eigenvalue weighted by atomic mass is 9.67. The number of carbonyl (C=O) groups is 2. The number of nitrogens with zero attached hydrogens (tertiary/aromatic N) is 2. The monoisotopic (exact) mass is 519 g/mol. The van der Waals surface area contributed by atoms with Crippen LogP contribution in [0.4, 0.5) is 18.9 Å². The predicted molar refractivity (Wildman–Crippen MR) is 119 cm³/mol. The first-order valence-corrected chi connectivity index (χ1v) is 12.5. The van der Waals surface area contributed by atoms with Gasteiger partial charge in [-0.3, -0.25) is 9.59 Å². The third-order valence-electron chi connectivity index (χ3n) is 7.37. The van der Waals surface area contributed by atoms with Crippen molar-refractivity contribution in [1.29, 1.82) is 5.26 Å². The summed E-state index contributed by atoms with van der Waals surface area (Å²) in [6.45, 7) is 3.14. The fourth-order valence-corrected chi connectivity index (χ4v) is 7.17. The predicted octanol–water partition coefficient (Wildman–Crippen LogP) is 2.98. The van der Waals surface area contributed by atoms with E-state index in [1.165, 1.54) is 25.1 Å². The zero-order valence-electron chi connectivity index (χ0n) is 19.0. The van der Waals surface area contributed by atoms with E-state index in [0.717, 1.165) is 12.1 Å². The first-order valence-electron chi connectivity index (χ1n) is 11.0. The van der Waals surface area contributed by atoms with Gasteiger partial charge in [0.2, 0.25) is 21.8 Å². The summed E-state index contributed by atoms with van der Waals surface area (Å²) < 4.78 is 75.2. The highest BCUT2D eigenvalue weighted by atomic mass is 32.2. The SMILES string of the molecule is C[C@]12O[C@](C)(C[C@@H]1NS(=O)(=O)c1ccccc1)[C@H]1C(=O)N(c3ccc(C#N)c(C(F)(F)F)c3)C(=O)[C@H]12. The Bertz CT molecular complexity index is 1440. The van der Waals surface area contributed by atoms with Crippen LogP contribution < -0.4 is 9.62 Å². The van der Waals surface area contributed by atoms with Gasteiger partial charge in [-0.05, 0) is 50.6 Å². The van der Waals surface area contributed by atoms with Gasteiger partial charge in [0.15, 0.2) is 0 Å². The molecule has 188 valence electrons. The van der Waals surface area contributed by atoms with Crippen LogP contribution in [0.25, 0.3) is 0 Å². The van der Waals surface area contributed by atoms with Crippen LogP contribution in [0, 0.1) is 23.2 Å². The minimum atomic E-state index is -4.87. The molecule has 0 radical (unpaired) electrons. The van der Waals surface area contributed by atoms with Crippen LogP contribution in [-0.2, 0) is 30.5 Å². The van der Waals surface area contributed by atoms with Crippen molar-refractivity contribution in [3.8, 4) is 6.07 Å². The first-order chi connectivity index (χ1) is 16.7. The molecule has 8 nitrogen and oxygen atoms in total. The highest BCUT2D eigenvalue weighted by Crippen LogP contribution is 2.61. The molecule has 2 aromatic rings. The van der Waals surface area contributed by atoms with E-state index in [0.29, 0.717) is 11.0 Å². The number of fused-ring (bicyclic) bond motifs is 5. The molecule has 0 aromatic heterocycles. The summed E-state index contributed by atoms with van der Waals surface area (Å²) in [6.07, 6.45) is -4.78. The van der Waals surface area contributed by atoms with Crippen molar-refractivity contribution in [1.82, 2.24) is 4.72 Å². The molecule has 5 rings (SSSR count). The van der Waals surface area contributed by atoms with E-state index in [1.807, 2.05) is 0 Å². The van der Waals surface area contributed by atoms with Crippen molar-refractivity contribution in [2.75, 3.05) is 4.90 Å². The number of rotatable bonds is 4. The Labute approximate surface area is 204 Å². The fourth-order valence-electron chi connectivity index (χ4n) is 5.83. The van der Waals surface area contributed by atoms with E-state index in [4.69, 9.17) is 10.00 Å². The van der Waals surface area contributed by atoms with Gasteiger partial charge < -0.3 is 4.74 Å². The molecule has 0 saturated carbocycles. The smallest absolute Gasteiger partial charge is 0.366 e. The summed E-state index contributed by atoms with van der Waals surface area (Å²) in [5.74, 6) is -3.62. The number of alkyl halides is 3. The van der Waals surface area contributed by atoms with Crippen LogP contribution >= 0.6 is 0 Å². The molecule has 5 atom stereocenters. The van der Waals surface area contributed by atoms with Gasteiger partial charge in [-0.2, -0.15) is 18.4 Å². The Balaban J connectivity index is 1.51. The maximum Gasteiger partial charge on any atom is 0.417 e. The molecule has 0 unspecified atom stereocenters. The summed E-state index contributed by atoms with van der Waals surface area (Å²) in [4.78, 5) is 27.6. The van der Waals surface area contributed by atoms with E-state index in [1.54, 1.807) is 25.1 Å². The standard InChI is InChI=1S/C24H20F3N3O5S/c1-22-11-17(29-36(33,34)15-6-4-3-5-7-15)23(2,35-22)19-18(22)20(31)30(21(19)32)14-9-8-13(12-28)16(10-14)24(25,26)27/h3-10,17-19,29H,11H2,1-2H3/t17-,18+,19-,22+,23-/m0/s1. The summed E-state index contributed by atoms with van der Waals surface area (Å²) in [6, 6.07) is 10.9. The van der Waals surface area contributed by atoms with Crippen LogP contribution in [0.1, 0.15) is 31.4 Å². The molecule has 12 heteroatoms. The average molecular weight is 520 g/mol. The van der Waals surface area contributed by atoms with Gasteiger partial charge >= 0.3 is 6.18 Å². The topological polar surface area (TPSA) is 117 Å². The number of amides is 2. The average Bonchev–Trinajstić information content (AvgIpc) is 3.33. The molecule has 2 bridgehead atoms. The lowest BCUT2D eigenvalue weighted by Gasteiger charge is -2.35. The summed E-state index contributed by atoms with van der Waals surface area (Å²) in [5, 5.41) is 9.05.